The maximum absolute atomic E-state index is 13.4. The van der Waals surface area contributed by atoms with Gasteiger partial charge < -0.3 is 15.2 Å². The number of aliphatic hydroxyl groups excluding tert-OH is 1. The molecule has 1 saturated carbocycles. The van der Waals surface area contributed by atoms with E-state index in [1.807, 2.05) is 0 Å². The average molecular weight is 307 g/mol. The van der Waals surface area contributed by atoms with E-state index in [9.17, 15) is 22.7 Å². The number of halogens is 4. The van der Waals surface area contributed by atoms with Gasteiger partial charge in [0.2, 0.25) is 11.6 Å². The Morgan fingerprint density at radius 2 is 1.81 bits per heavy atom. The highest BCUT2D eigenvalue weighted by Gasteiger charge is 2.32. The molecule has 1 aromatic rings. The first-order valence-corrected chi connectivity index (χ1v) is 6.70. The molecule has 0 bridgehead atoms. The monoisotopic (exact) mass is 307 g/mol. The van der Waals surface area contributed by atoms with E-state index in [0.29, 0.717) is 6.04 Å². The van der Waals surface area contributed by atoms with Crippen LogP contribution in [0.4, 0.5) is 17.6 Å². The molecule has 2 N–H and O–H groups in total. The molecule has 1 aliphatic rings. The normalized spacial score (nSPS) is 17.6. The van der Waals surface area contributed by atoms with E-state index in [4.69, 9.17) is 4.74 Å². The van der Waals surface area contributed by atoms with Gasteiger partial charge >= 0.3 is 0 Å². The van der Waals surface area contributed by atoms with Crippen molar-refractivity contribution < 1.29 is 27.4 Å². The van der Waals surface area contributed by atoms with Crippen molar-refractivity contribution >= 4 is 0 Å². The van der Waals surface area contributed by atoms with Crippen LogP contribution in [0.1, 0.15) is 26.2 Å². The minimum atomic E-state index is -1.56. The van der Waals surface area contributed by atoms with Crippen LogP contribution >= 0.6 is 0 Å². The highest BCUT2D eigenvalue weighted by molar-refractivity contribution is 5.28. The van der Waals surface area contributed by atoms with Crippen molar-refractivity contribution in [2.75, 3.05) is 13.2 Å². The molecule has 0 saturated heterocycles. The molecule has 21 heavy (non-hydrogen) atoms. The van der Waals surface area contributed by atoms with Crippen LogP contribution in [0.25, 0.3) is 0 Å². The van der Waals surface area contributed by atoms with Gasteiger partial charge in [0, 0.05) is 24.1 Å². The average Bonchev–Trinajstić information content (AvgIpc) is 3.24. The molecule has 1 fully saturated rings. The lowest BCUT2D eigenvalue weighted by molar-refractivity contribution is 0.139. The third-order valence-electron chi connectivity index (χ3n) is 3.45. The highest BCUT2D eigenvalue weighted by atomic mass is 19.2. The summed E-state index contributed by atoms with van der Waals surface area (Å²) in [6, 6.07) is 0.450. The number of aliphatic hydroxyl groups is 1. The molecule has 0 aromatic heterocycles. The molecule has 0 amide bonds. The van der Waals surface area contributed by atoms with Gasteiger partial charge in [-0.3, -0.25) is 0 Å². The minimum Gasteiger partial charge on any atom is -0.487 e. The van der Waals surface area contributed by atoms with E-state index in [-0.39, 0.29) is 25.7 Å². The first kappa shape index (κ1) is 16.0. The van der Waals surface area contributed by atoms with Crippen molar-refractivity contribution in [3.63, 3.8) is 0 Å². The van der Waals surface area contributed by atoms with Gasteiger partial charge in [0.1, 0.15) is 0 Å². The van der Waals surface area contributed by atoms with E-state index in [2.05, 4.69) is 5.32 Å². The zero-order chi connectivity index (χ0) is 15.6. The highest BCUT2D eigenvalue weighted by Crippen LogP contribution is 2.28. The number of ether oxygens (including phenoxy) is 1. The third-order valence-corrected chi connectivity index (χ3v) is 3.45. The fourth-order valence-corrected chi connectivity index (χ4v) is 1.97. The fourth-order valence-electron chi connectivity index (χ4n) is 1.97. The summed E-state index contributed by atoms with van der Waals surface area (Å²) in [5, 5.41) is 12.6. The van der Waals surface area contributed by atoms with Crippen LogP contribution in [0, 0.1) is 23.3 Å². The number of benzene rings is 1. The topological polar surface area (TPSA) is 41.5 Å². The molecule has 7 heteroatoms. The van der Waals surface area contributed by atoms with Gasteiger partial charge in [-0.1, -0.05) is 0 Å². The first-order valence-electron chi connectivity index (χ1n) is 6.70. The van der Waals surface area contributed by atoms with Crippen LogP contribution in [-0.4, -0.2) is 29.9 Å². The fraction of sp³-hybridized carbons (Fsp3) is 0.571. The standard InChI is InChI=1S/C14H17F4NO2/c1-14(7-20,19-8-2-3-8)4-5-21-13-11(17)9(15)6-10(16)12(13)18/h6,8,19-20H,2-5,7H2,1H3. The molecule has 1 unspecified atom stereocenters. The SMILES string of the molecule is CC(CO)(CCOc1c(F)c(F)cc(F)c1F)NC1CC1. The van der Waals surface area contributed by atoms with Crippen LogP contribution in [-0.2, 0) is 0 Å². The zero-order valence-corrected chi connectivity index (χ0v) is 11.6. The molecular formula is C14H17F4NO2. The Balaban J connectivity index is 1.99. The third kappa shape index (κ3) is 3.85. The minimum absolute atomic E-state index is 0.129. The number of hydrogen-bond acceptors (Lipinski definition) is 3. The molecule has 0 radical (unpaired) electrons. The van der Waals surface area contributed by atoms with Crippen molar-refractivity contribution in [2.24, 2.45) is 0 Å². The molecule has 118 valence electrons. The van der Waals surface area contributed by atoms with Crippen molar-refractivity contribution in [2.45, 2.75) is 37.8 Å². The van der Waals surface area contributed by atoms with E-state index in [0.717, 1.165) is 12.8 Å². The number of hydrogen-bond donors (Lipinski definition) is 2. The summed E-state index contributed by atoms with van der Waals surface area (Å²) in [6.07, 6.45) is 2.25. The predicted molar refractivity (Wildman–Crippen MR) is 68.0 cm³/mol. The summed E-state index contributed by atoms with van der Waals surface area (Å²) in [7, 11) is 0. The maximum Gasteiger partial charge on any atom is 0.203 e. The molecular weight excluding hydrogens is 290 g/mol. The van der Waals surface area contributed by atoms with Gasteiger partial charge in [0.15, 0.2) is 17.4 Å². The van der Waals surface area contributed by atoms with Crippen LogP contribution in [0.3, 0.4) is 0 Å². The summed E-state index contributed by atoms with van der Waals surface area (Å²) < 4.78 is 57.7. The van der Waals surface area contributed by atoms with Gasteiger partial charge in [0.25, 0.3) is 0 Å². The summed E-state index contributed by atoms with van der Waals surface area (Å²) in [4.78, 5) is 0. The second-order valence-corrected chi connectivity index (χ2v) is 5.53. The molecule has 1 atom stereocenters. The zero-order valence-electron chi connectivity index (χ0n) is 11.6. The van der Waals surface area contributed by atoms with Crippen molar-refractivity contribution in [1.82, 2.24) is 5.32 Å². The lowest BCUT2D eigenvalue weighted by Gasteiger charge is -2.29. The Morgan fingerprint density at radius 3 is 2.29 bits per heavy atom. The van der Waals surface area contributed by atoms with Crippen molar-refractivity contribution in [1.29, 1.82) is 0 Å². The van der Waals surface area contributed by atoms with Crippen molar-refractivity contribution in [3.05, 3.63) is 29.3 Å². The Labute approximate surface area is 119 Å². The molecule has 0 heterocycles. The van der Waals surface area contributed by atoms with Crippen LogP contribution in [0.5, 0.6) is 5.75 Å². The predicted octanol–water partition coefficient (Wildman–Crippen LogP) is 2.51. The van der Waals surface area contributed by atoms with Gasteiger partial charge in [-0.05, 0) is 19.8 Å². The van der Waals surface area contributed by atoms with Crippen LogP contribution in [0.2, 0.25) is 0 Å². The summed E-state index contributed by atoms with van der Waals surface area (Å²) in [6.45, 7) is 1.37. The Kier molecular flexibility index (Phi) is 4.73. The summed E-state index contributed by atoms with van der Waals surface area (Å²) in [5.41, 5.74) is -0.667. The molecule has 0 aliphatic heterocycles. The van der Waals surface area contributed by atoms with Crippen molar-refractivity contribution in [3.8, 4) is 5.75 Å². The summed E-state index contributed by atoms with van der Waals surface area (Å²) in [5.74, 6) is -7.21. The molecule has 1 aliphatic carbocycles. The first-order chi connectivity index (χ1) is 9.86. The van der Waals surface area contributed by atoms with Gasteiger partial charge in [-0.2, -0.15) is 8.78 Å². The quantitative estimate of drug-likeness (QED) is 0.601. The lowest BCUT2D eigenvalue weighted by atomic mass is 9.99. The second kappa shape index (κ2) is 6.19. The maximum atomic E-state index is 13.4. The smallest absolute Gasteiger partial charge is 0.203 e. The van der Waals surface area contributed by atoms with Gasteiger partial charge in [0.05, 0.1) is 13.2 Å². The Morgan fingerprint density at radius 1 is 1.24 bits per heavy atom. The lowest BCUT2D eigenvalue weighted by Crippen LogP contribution is -2.48. The summed E-state index contributed by atoms with van der Waals surface area (Å²) >= 11 is 0. The second-order valence-electron chi connectivity index (χ2n) is 5.53. The largest absolute Gasteiger partial charge is 0.487 e. The van der Waals surface area contributed by atoms with Crippen LogP contribution < -0.4 is 10.1 Å². The van der Waals surface area contributed by atoms with E-state index in [1.54, 1.807) is 6.92 Å². The molecule has 2 rings (SSSR count). The van der Waals surface area contributed by atoms with E-state index in [1.165, 1.54) is 0 Å². The molecule has 1 aromatic carbocycles. The molecule has 0 spiro atoms. The van der Waals surface area contributed by atoms with E-state index < -0.39 is 34.6 Å². The Hall–Kier alpha value is -1.34. The number of nitrogens with one attached hydrogen (secondary N) is 1. The van der Waals surface area contributed by atoms with Crippen LogP contribution in [0.15, 0.2) is 6.07 Å². The molecule has 3 nitrogen and oxygen atoms in total. The Bertz CT molecular complexity index is 496. The van der Waals surface area contributed by atoms with Gasteiger partial charge in [-0.25, -0.2) is 8.78 Å². The van der Waals surface area contributed by atoms with Gasteiger partial charge in [-0.15, -0.1) is 0 Å². The number of rotatable bonds is 7. The van der Waals surface area contributed by atoms with E-state index >= 15 is 0 Å².